The summed E-state index contributed by atoms with van der Waals surface area (Å²) in [5, 5.41) is 12.5. The third-order valence-corrected chi connectivity index (χ3v) is 4.00. The van der Waals surface area contributed by atoms with Gasteiger partial charge in [0.05, 0.1) is 17.8 Å². The molecule has 1 fully saturated rings. The third kappa shape index (κ3) is 2.42. The first kappa shape index (κ1) is 12.8. The Bertz CT molecular complexity index is 666. The van der Waals surface area contributed by atoms with Crippen LogP contribution in [0.25, 0.3) is 0 Å². The summed E-state index contributed by atoms with van der Waals surface area (Å²) in [6, 6.07) is 12.2. The number of nitriles is 1. The van der Waals surface area contributed by atoms with E-state index in [1.807, 2.05) is 31.2 Å². The molecule has 1 aliphatic rings. The summed E-state index contributed by atoms with van der Waals surface area (Å²) in [4.78, 5) is 0. The van der Waals surface area contributed by atoms with Crippen LogP contribution in [0.15, 0.2) is 34.7 Å². The standard InChI is InChI=1S/C17H18N2O/c1-11-4-3-5-16(15(11)9-18)19-10-13-6-7-17(20-13)14-8-12(14)2/h3-7,12,14,19H,8,10H2,1-2H3. The van der Waals surface area contributed by atoms with E-state index in [0.29, 0.717) is 18.0 Å². The van der Waals surface area contributed by atoms with Gasteiger partial charge in [0.2, 0.25) is 0 Å². The molecule has 2 atom stereocenters. The molecular weight excluding hydrogens is 248 g/mol. The molecule has 1 N–H and O–H groups in total. The molecule has 20 heavy (non-hydrogen) atoms. The monoisotopic (exact) mass is 266 g/mol. The first-order chi connectivity index (χ1) is 9.69. The van der Waals surface area contributed by atoms with Crippen molar-refractivity contribution >= 4 is 5.69 Å². The molecule has 0 bridgehead atoms. The van der Waals surface area contributed by atoms with Crippen molar-refractivity contribution in [1.82, 2.24) is 0 Å². The highest BCUT2D eigenvalue weighted by molar-refractivity contribution is 5.60. The van der Waals surface area contributed by atoms with E-state index in [1.165, 1.54) is 6.42 Å². The highest BCUT2D eigenvalue weighted by Gasteiger charge is 2.36. The maximum atomic E-state index is 9.20. The molecule has 0 radical (unpaired) electrons. The summed E-state index contributed by atoms with van der Waals surface area (Å²) in [6.07, 6.45) is 1.23. The highest BCUT2D eigenvalue weighted by Crippen LogP contribution is 2.47. The Morgan fingerprint density at radius 3 is 2.85 bits per heavy atom. The summed E-state index contributed by atoms with van der Waals surface area (Å²) in [5.74, 6) is 3.38. The smallest absolute Gasteiger partial charge is 0.123 e. The van der Waals surface area contributed by atoms with Crippen molar-refractivity contribution in [1.29, 1.82) is 5.26 Å². The van der Waals surface area contributed by atoms with Crippen LogP contribution in [0.3, 0.4) is 0 Å². The molecular formula is C17H18N2O. The minimum atomic E-state index is 0.609. The van der Waals surface area contributed by atoms with Gasteiger partial charge in [-0.15, -0.1) is 0 Å². The molecule has 0 saturated heterocycles. The molecule has 3 nitrogen and oxygen atoms in total. The average Bonchev–Trinajstić information content (AvgIpc) is 3.00. The van der Waals surface area contributed by atoms with Gasteiger partial charge in [-0.05, 0) is 43.0 Å². The molecule has 1 saturated carbocycles. The van der Waals surface area contributed by atoms with Gasteiger partial charge in [-0.25, -0.2) is 0 Å². The fourth-order valence-corrected chi connectivity index (χ4v) is 2.55. The number of nitrogens with zero attached hydrogens (tertiary/aromatic N) is 1. The maximum Gasteiger partial charge on any atom is 0.123 e. The molecule has 0 aliphatic heterocycles. The van der Waals surface area contributed by atoms with Crippen molar-refractivity contribution < 1.29 is 4.42 Å². The molecule has 3 rings (SSSR count). The Morgan fingerprint density at radius 1 is 1.35 bits per heavy atom. The van der Waals surface area contributed by atoms with Gasteiger partial charge in [-0.1, -0.05) is 19.1 Å². The number of hydrogen-bond donors (Lipinski definition) is 1. The second-order valence-corrected chi connectivity index (χ2v) is 5.59. The van der Waals surface area contributed by atoms with Gasteiger partial charge < -0.3 is 9.73 Å². The zero-order valence-electron chi connectivity index (χ0n) is 11.8. The number of rotatable bonds is 4. The predicted molar refractivity (Wildman–Crippen MR) is 78.5 cm³/mol. The second-order valence-electron chi connectivity index (χ2n) is 5.59. The topological polar surface area (TPSA) is 49.0 Å². The SMILES string of the molecule is Cc1cccc(NCc2ccc(C3CC3C)o2)c1C#N. The van der Waals surface area contributed by atoms with Gasteiger partial charge in [0.15, 0.2) is 0 Å². The van der Waals surface area contributed by atoms with Crippen molar-refractivity contribution in [2.24, 2.45) is 5.92 Å². The zero-order chi connectivity index (χ0) is 14.1. The second kappa shape index (κ2) is 5.05. The molecule has 0 amide bonds. The summed E-state index contributed by atoms with van der Waals surface area (Å²) in [6.45, 7) is 4.81. The van der Waals surface area contributed by atoms with Crippen molar-refractivity contribution in [3.8, 4) is 6.07 Å². The van der Waals surface area contributed by atoms with Crippen LogP contribution in [0, 0.1) is 24.2 Å². The van der Waals surface area contributed by atoms with Crippen molar-refractivity contribution in [2.75, 3.05) is 5.32 Å². The van der Waals surface area contributed by atoms with Gasteiger partial charge in [-0.2, -0.15) is 5.26 Å². The van der Waals surface area contributed by atoms with E-state index in [4.69, 9.17) is 4.42 Å². The molecule has 0 spiro atoms. The van der Waals surface area contributed by atoms with Crippen molar-refractivity contribution in [3.63, 3.8) is 0 Å². The zero-order valence-corrected chi connectivity index (χ0v) is 11.8. The van der Waals surface area contributed by atoms with Gasteiger partial charge in [0.1, 0.15) is 17.6 Å². The van der Waals surface area contributed by atoms with E-state index in [2.05, 4.69) is 24.4 Å². The minimum absolute atomic E-state index is 0.609. The molecule has 102 valence electrons. The number of anilines is 1. The number of benzene rings is 1. The van der Waals surface area contributed by atoms with Crippen molar-refractivity contribution in [3.05, 3.63) is 53.0 Å². The van der Waals surface area contributed by atoms with Crippen molar-refractivity contribution in [2.45, 2.75) is 32.7 Å². The first-order valence-corrected chi connectivity index (χ1v) is 7.01. The van der Waals surface area contributed by atoms with E-state index in [9.17, 15) is 5.26 Å². The Kier molecular flexibility index (Phi) is 3.23. The van der Waals surface area contributed by atoms with E-state index in [1.54, 1.807) is 0 Å². The number of furan rings is 1. The van der Waals surface area contributed by atoms with E-state index in [-0.39, 0.29) is 0 Å². The maximum absolute atomic E-state index is 9.20. The van der Waals surface area contributed by atoms with E-state index < -0.39 is 0 Å². The molecule has 1 aliphatic carbocycles. The molecule has 3 heteroatoms. The van der Waals surface area contributed by atoms with Crippen LogP contribution in [0.4, 0.5) is 5.69 Å². The minimum Gasteiger partial charge on any atom is -0.464 e. The van der Waals surface area contributed by atoms with E-state index in [0.717, 1.165) is 28.7 Å². The van der Waals surface area contributed by atoms with Gasteiger partial charge >= 0.3 is 0 Å². The van der Waals surface area contributed by atoms with Crippen LogP contribution in [-0.4, -0.2) is 0 Å². The Balaban J connectivity index is 1.69. The summed E-state index contributed by atoms with van der Waals surface area (Å²) >= 11 is 0. The van der Waals surface area contributed by atoms with Crippen LogP contribution >= 0.6 is 0 Å². The van der Waals surface area contributed by atoms with Crippen LogP contribution in [0.5, 0.6) is 0 Å². The Labute approximate surface area is 119 Å². The third-order valence-electron chi connectivity index (χ3n) is 4.00. The number of nitrogens with one attached hydrogen (secondary N) is 1. The molecule has 1 heterocycles. The summed E-state index contributed by atoms with van der Waals surface area (Å²) in [5.41, 5.74) is 2.56. The average molecular weight is 266 g/mol. The largest absolute Gasteiger partial charge is 0.464 e. The van der Waals surface area contributed by atoms with E-state index >= 15 is 0 Å². The van der Waals surface area contributed by atoms with Gasteiger partial charge in [0.25, 0.3) is 0 Å². The van der Waals surface area contributed by atoms with Gasteiger partial charge in [-0.3, -0.25) is 0 Å². The molecule has 1 aromatic carbocycles. The van der Waals surface area contributed by atoms with Crippen LogP contribution in [0.1, 0.15) is 41.9 Å². The number of aryl methyl sites for hydroxylation is 1. The Morgan fingerprint density at radius 2 is 2.15 bits per heavy atom. The molecule has 2 aromatic rings. The lowest BCUT2D eigenvalue weighted by Gasteiger charge is -2.08. The number of hydrogen-bond acceptors (Lipinski definition) is 3. The quantitative estimate of drug-likeness (QED) is 0.902. The fourth-order valence-electron chi connectivity index (χ4n) is 2.55. The van der Waals surface area contributed by atoms with Gasteiger partial charge in [0, 0.05) is 5.92 Å². The van der Waals surface area contributed by atoms with Crippen LogP contribution in [0.2, 0.25) is 0 Å². The summed E-state index contributed by atoms with van der Waals surface area (Å²) < 4.78 is 5.86. The lowest BCUT2D eigenvalue weighted by atomic mass is 10.1. The molecule has 1 aromatic heterocycles. The lowest BCUT2D eigenvalue weighted by Crippen LogP contribution is -2.01. The normalized spacial score (nSPS) is 20.4. The lowest BCUT2D eigenvalue weighted by molar-refractivity contribution is 0.468. The first-order valence-electron chi connectivity index (χ1n) is 7.01. The summed E-state index contributed by atoms with van der Waals surface area (Å²) in [7, 11) is 0. The predicted octanol–water partition coefficient (Wildman–Crippen LogP) is 4.20. The fraction of sp³-hybridized carbons (Fsp3) is 0.353. The molecule has 2 unspecified atom stereocenters. The highest BCUT2D eigenvalue weighted by atomic mass is 16.3. The van der Waals surface area contributed by atoms with Crippen LogP contribution in [-0.2, 0) is 6.54 Å². The Hall–Kier alpha value is -2.21. The van der Waals surface area contributed by atoms with Crippen LogP contribution < -0.4 is 5.32 Å².